The topological polar surface area (TPSA) is 35.2 Å². The molecule has 0 fully saturated rings. The highest BCUT2D eigenvalue weighted by molar-refractivity contribution is 9.10. The average molecular weight is 318 g/mol. The summed E-state index contributed by atoms with van der Waals surface area (Å²) < 4.78 is 19.7. The summed E-state index contributed by atoms with van der Waals surface area (Å²) in [4.78, 5) is 0. The van der Waals surface area contributed by atoms with Crippen molar-refractivity contribution < 1.29 is 9.13 Å². The van der Waals surface area contributed by atoms with E-state index in [1.807, 2.05) is 6.07 Å². The highest BCUT2D eigenvalue weighted by Crippen LogP contribution is 2.26. The molecule has 0 aliphatic carbocycles. The summed E-state index contributed by atoms with van der Waals surface area (Å²) in [5, 5.41) is 0. The summed E-state index contributed by atoms with van der Waals surface area (Å²) in [5.74, 6) is -0.248. The Morgan fingerprint density at radius 3 is 2.39 bits per heavy atom. The molecular formula is C14H21BrFNO. The minimum absolute atomic E-state index is 0.147. The molecule has 0 aliphatic heterocycles. The maximum absolute atomic E-state index is 13.3. The van der Waals surface area contributed by atoms with Crippen LogP contribution in [0.5, 0.6) is 0 Å². The Kier molecular flexibility index (Phi) is 5.76. The van der Waals surface area contributed by atoms with E-state index in [1.165, 1.54) is 12.1 Å². The molecule has 0 aliphatic rings. The zero-order valence-corrected chi connectivity index (χ0v) is 12.8. The fraction of sp³-hybridized carbons (Fsp3) is 0.571. The van der Waals surface area contributed by atoms with Gasteiger partial charge in [0, 0.05) is 17.6 Å². The SMILES string of the molecule is CCC(CC)(OC)C(N)Cc1cc(F)cc(Br)c1. The molecule has 0 saturated carbocycles. The quantitative estimate of drug-likeness (QED) is 0.869. The molecule has 0 aromatic heterocycles. The zero-order valence-electron chi connectivity index (χ0n) is 11.2. The van der Waals surface area contributed by atoms with E-state index in [-0.39, 0.29) is 17.5 Å². The van der Waals surface area contributed by atoms with Gasteiger partial charge in [0.2, 0.25) is 0 Å². The van der Waals surface area contributed by atoms with E-state index in [4.69, 9.17) is 10.5 Å². The van der Waals surface area contributed by atoms with Crippen LogP contribution in [0.4, 0.5) is 4.39 Å². The summed E-state index contributed by atoms with van der Waals surface area (Å²) in [6, 6.07) is 4.72. The van der Waals surface area contributed by atoms with Gasteiger partial charge in [0.05, 0.1) is 5.60 Å². The Balaban J connectivity index is 2.88. The lowest BCUT2D eigenvalue weighted by Crippen LogP contribution is -2.50. The second kappa shape index (κ2) is 6.64. The van der Waals surface area contributed by atoms with Crippen LogP contribution in [-0.2, 0) is 11.2 Å². The van der Waals surface area contributed by atoms with Crippen molar-refractivity contribution >= 4 is 15.9 Å². The predicted octanol–water partition coefficient (Wildman–Crippen LogP) is 3.66. The third-order valence-corrected chi connectivity index (χ3v) is 4.11. The van der Waals surface area contributed by atoms with Crippen molar-refractivity contribution in [3.63, 3.8) is 0 Å². The number of methoxy groups -OCH3 is 1. The van der Waals surface area contributed by atoms with Crippen molar-refractivity contribution in [3.8, 4) is 0 Å². The van der Waals surface area contributed by atoms with Gasteiger partial charge < -0.3 is 10.5 Å². The van der Waals surface area contributed by atoms with Crippen LogP contribution in [0.25, 0.3) is 0 Å². The van der Waals surface area contributed by atoms with Gasteiger partial charge in [-0.1, -0.05) is 29.8 Å². The van der Waals surface area contributed by atoms with Gasteiger partial charge in [0.15, 0.2) is 0 Å². The van der Waals surface area contributed by atoms with Crippen molar-refractivity contribution in [2.24, 2.45) is 5.73 Å². The summed E-state index contributed by atoms with van der Waals surface area (Å²) in [6.45, 7) is 4.13. The highest BCUT2D eigenvalue weighted by Gasteiger charge is 2.33. The Hall–Kier alpha value is -0.450. The van der Waals surface area contributed by atoms with E-state index in [1.54, 1.807) is 7.11 Å². The van der Waals surface area contributed by atoms with Crippen LogP contribution in [0.15, 0.2) is 22.7 Å². The minimum atomic E-state index is -0.335. The first-order valence-electron chi connectivity index (χ1n) is 6.23. The van der Waals surface area contributed by atoms with E-state index in [0.717, 1.165) is 22.9 Å². The first kappa shape index (κ1) is 15.6. The number of benzene rings is 1. The van der Waals surface area contributed by atoms with Gasteiger partial charge in [-0.3, -0.25) is 0 Å². The van der Waals surface area contributed by atoms with Gasteiger partial charge >= 0.3 is 0 Å². The highest BCUT2D eigenvalue weighted by atomic mass is 79.9. The molecule has 0 saturated heterocycles. The normalized spacial score (nSPS) is 13.7. The van der Waals surface area contributed by atoms with Gasteiger partial charge in [-0.05, 0) is 43.0 Å². The second-order valence-electron chi connectivity index (χ2n) is 4.56. The molecule has 1 unspecified atom stereocenters. The Morgan fingerprint density at radius 1 is 1.33 bits per heavy atom. The van der Waals surface area contributed by atoms with E-state index < -0.39 is 0 Å². The maximum Gasteiger partial charge on any atom is 0.124 e. The van der Waals surface area contributed by atoms with Crippen molar-refractivity contribution in [2.45, 2.75) is 44.8 Å². The summed E-state index contributed by atoms with van der Waals surface area (Å²) in [5.41, 5.74) is 6.81. The Bertz CT molecular complexity index is 365. The van der Waals surface area contributed by atoms with Crippen LogP contribution in [-0.4, -0.2) is 18.8 Å². The number of rotatable bonds is 6. The van der Waals surface area contributed by atoms with Crippen LogP contribution in [0.2, 0.25) is 0 Å². The maximum atomic E-state index is 13.3. The molecule has 1 rings (SSSR count). The number of ether oxygens (including phenoxy) is 1. The average Bonchev–Trinajstić information content (AvgIpc) is 2.30. The van der Waals surface area contributed by atoms with Gasteiger partial charge in [-0.25, -0.2) is 4.39 Å². The molecule has 1 atom stereocenters. The number of hydrogen-bond donors (Lipinski definition) is 1. The Labute approximate surface area is 117 Å². The van der Waals surface area contributed by atoms with Gasteiger partial charge in [0.1, 0.15) is 5.82 Å². The van der Waals surface area contributed by atoms with Gasteiger partial charge in [0.25, 0.3) is 0 Å². The van der Waals surface area contributed by atoms with Crippen molar-refractivity contribution in [1.82, 2.24) is 0 Å². The molecule has 2 N–H and O–H groups in total. The minimum Gasteiger partial charge on any atom is -0.377 e. The van der Waals surface area contributed by atoms with Crippen LogP contribution < -0.4 is 5.73 Å². The molecule has 1 aromatic carbocycles. The molecule has 2 nitrogen and oxygen atoms in total. The summed E-state index contributed by atoms with van der Waals surface area (Å²) >= 11 is 3.29. The van der Waals surface area contributed by atoms with Crippen LogP contribution in [0.1, 0.15) is 32.3 Å². The molecule has 0 heterocycles. The predicted molar refractivity (Wildman–Crippen MR) is 76.1 cm³/mol. The lowest BCUT2D eigenvalue weighted by molar-refractivity contribution is -0.0374. The molecule has 0 spiro atoms. The molecule has 0 amide bonds. The van der Waals surface area contributed by atoms with Crippen LogP contribution in [0.3, 0.4) is 0 Å². The van der Waals surface area contributed by atoms with E-state index in [0.29, 0.717) is 6.42 Å². The van der Waals surface area contributed by atoms with Crippen LogP contribution in [0, 0.1) is 5.82 Å². The van der Waals surface area contributed by atoms with E-state index >= 15 is 0 Å². The fourth-order valence-electron chi connectivity index (χ4n) is 2.38. The summed E-state index contributed by atoms with van der Waals surface area (Å²) in [7, 11) is 1.69. The lowest BCUT2D eigenvalue weighted by Gasteiger charge is -2.36. The molecule has 1 aromatic rings. The van der Waals surface area contributed by atoms with Crippen LogP contribution >= 0.6 is 15.9 Å². The Morgan fingerprint density at radius 2 is 1.94 bits per heavy atom. The molecule has 102 valence electrons. The van der Waals surface area contributed by atoms with E-state index in [9.17, 15) is 4.39 Å². The molecule has 0 radical (unpaired) electrons. The summed E-state index contributed by atoms with van der Waals surface area (Å²) in [6.07, 6.45) is 2.29. The fourth-order valence-corrected chi connectivity index (χ4v) is 2.90. The molecule has 0 bridgehead atoms. The number of halogens is 2. The van der Waals surface area contributed by atoms with Crippen molar-refractivity contribution in [3.05, 3.63) is 34.1 Å². The number of hydrogen-bond acceptors (Lipinski definition) is 2. The molecule has 4 heteroatoms. The third-order valence-electron chi connectivity index (χ3n) is 3.66. The zero-order chi connectivity index (χ0) is 13.8. The lowest BCUT2D eigenvalue weighted by atomic mass is 9.85. The van der Waals surface area contributed by atoms with E-state index in [2.05, 4.69) is 29.8 Å². The standard InChI is InChI=1S/C14H21BrFNO/c1-4-14(5-2,18-3)13(17)8-10-6-11(15)9-12(16)7-10/h6-7,9,13H,4-5,8,17H2,1-3H3. The smallest absolute Gasteiger partial charge is 0.124 e. The molecular weight excluding hydrogens is 297 g/mol. The van der Waals surface area contributed by atoms with Crippen molar-refractivity contribution in [2.75, 3.05) is 7.11 Å². The monoisotopic (exact) mass is 317 g/mol. The number of nitrogens with two attached hydrogens (primary N) is 1. The van der Waals surface area contributed by atoms with Crippen molar-refractivity contribution in [1.29, 1.82) is 0 Å². The molecule has 18 heavy (non-hydrogen) atoms. The first-order valence-corrected chi connectivity index (χ1v) is 7.02. The third kappa shape index (κ3) is 3.53. The first-order chi connectivity index (χ1) is 8.47. The second-order valence-corrected chi connectivity index (χ2v) is 5.48. The largest absolute Gasteiger partial charge is 0.377 e. The van der Waals surface area contributed by atoms with Gasteiger partial charge in [-0.2, -0.15) is 0 Å². The van der Waals surface area contributed by atoms with Gasteiger partial charge in [-0.15, -0.1) is 0 Å².